The van der Waals surface area contributed by atoms with Gasteiger partial charge < -0.3 is 5.32 Å². The zero-order valence-corrected chi connectivity index (χ0v) is 9.95. The van der Waals surface area contributed by atoms with Crippen LogP contribution in [-0.4, -0.2) is 9.97 Å². The van der Waals surface area contributed by atoms with Gasteiger partial charge in [0, 0.05) is 17.0 Å². The minimum absolute atomic E-state index is 0.707. The summed E-state index contributed by atoms with van der Waals surface area (Å²) >= 11 is 1.60. The second kappa shape index (κ2) is 4.51. The van der Waals surface area contributed by atoms with Gasteiger partial charge in [0.05, 0.1) is 17.8 Å². The molecule has 0 aliphatic heterocycles. The maximum atomic E-state index is 4.59. The van der Waals surface area contributed by atoms with E-state index in [4.69, 9.17) is 0 Å². The van der Waals surface area contributed by atoms with E-state index in [0.717, 1.165) is 16.3 Å². The van der Waals surface area contributed by atoms with Gasteiger partial charge in [-0.2, -0.15) is 0 Å². The highest BCUT2D eigenvalue weighted by molar-refractivity contribution is 7.13. The Morgan fingerprint density at radius 3 is 2.94 bits per heavy atom. The summed E-state index contributed by atoms with van der Waals surface area (Å²) in [5.41, 5.74) is 2.06. The second-order valence-corrected chi connectivity index (χ2v) is 4.58. The number of anilines is 1. The zero-order valence-electron chi connectivity index (χ0n) is 9.13. The van der Waals surface area contributed by atoms with Crippen LogP contribution in [0.5, 0.6) is 0 Å². The lowest BCUT2D eigenvalue weighted by atomic mass is 10.2. The first-order valence-electron chi connectivity index (χ1n) is 5.40. The summed E-state index contributed by atoms with van der Waals surface area (Å²) in [6.07, 6.45) is 1.79. The predicted octanol–water partition coefficient (Wildman–Crippen LogP) is 3.30. The van der Waals surface area contributed by atoms with Crippen molar-refractivity contribution >= 4 is 27.4 Å². The fourth-order valence-electron chi connectivity index (χ4n) is 1.68. The summed E-state index contributed by atoms with van der Waals surface area (Å²) in [4.78, 5) is 8.76. The van der Waals surface area contributed by atoms with E-state index >= 15 is 0 Å². The molecule has 0 aliphatic carbocycles. The third kappa shape index (κ3) is 2.26. The number of hydrogen-bond acceptors (Lipinski definition) is 4. The third-order valence-corrected chi connectivity index (χ3v) is 3.24. The normalized spacial score (nSPS) is 10.6. The van der Waals surface area contributed by atoms with Crippen LogP contribution in [0, 0.1) is 0 Å². The Morgan fingerprint density at radius 2 is 2.06 bits per heavy atom. The molecule has 2 aromatic heterocycles. The van der Waals surface area contributed by atoms with Gasteiger partial charge in [0.2, 0.25) is 0 Å². The number of benzene rings is 1. The molecule has 0 bridgehead atoms. The number of rotatable bonds is 3. The molecular formula is C13H11N3S. The van der Waals surface area contributed by atoms with Crippen LogP contribution in [0.1, 0.15) is 5.69 Å². The maximum Gasteiger partial charge on any atom is 0.182 e. The van der Waals surface area contributed by atoms with Gasteiger partial charge >= 0.3 is 0 Å². The first-order valence-corrected chi connectivity index (χ1v) is 6.28. The lowest BCUT2D eigenvalue weighted by Gasteiger charge is -2.03. The van der Waals surface area contributed by atoms with E-state index in [2.05, 4.69) is 27.4 Å². The quantitative estimate of drug-likeness (QED) is 0.764. The molecule has 0 saturated carbocycles. The van der Waals surface area contributed by atoms with Crippen molar-refractivity contribution in [1.82, 2.24) is 9.97 Å². The molecule has 2 heterocycles. The van der Waals surface area contributed by atoms with Gasteiger partial charge in [-0.15, -0.1) is 11.3 Å². The molecule has 0 spiro atoms. The molecule has 0 aliphatic rings. The lowest BCUT2D eigenvalue weighted by Crippen LogP contribution is -2.01. The van der Waals surface area contributed by atoms with Crippen molar-refractivity contribution in [3.8, 4) is 0 Å². The van der Waals surface area contributed by atoms with Crippen molar-refractivity contribution in [3.63, 3.8) is 0 Å². The number of hydrogen-bond donors (Lipinski definition) is 1. The molecule has 3 nitrogen and oxygen atoms in total. The van der Waals surface area contributed by atoms with Crippen molar-refractivity contribution < 1.29 is 0 Å². The van der Waals surface area contributed by atoms with Crippen LogP contribution in [-0.2, 0) is 6.54 Å². The molecule has 0 fully saturated rings. The van der Waals surface area contributed by atoms with Gasteiger partial charge in [-0.05, 0) is 12.1 Å². The molecule has 84 valence electrons. The SMILES string of the molecule is c1ccc2nc(CNc3nccs3)ccc2c1. The first kappa shape index (κ1) is 10.2. The minimum atomic E-state index is 0.707. The molecule has 0 amide bonds. The maximum absolute atomic E-state index is 4.59. The van der Waals surface area contributed by atoms with Crippen molar-refractivity contribution in [1.29, 1.82) is 0 Å². The summed E-state index contributed by atoms with van der Waals surface area (Å²) in [5, 5.41) is 7.31. The average molecular weight is 241 g/mol. The fourth-order valence-corrected chi connectivity index (χ4v) is 2.21. The smallest absolute Gasteiger partial charge is 0.182 e. The molecule has 0 radical (unpaired) electrons. The van der Waals surface area contributed by atoms with Crippen molar-refractivity contribution in [2.75, 3.05) is 5.32 Å². The Hall–Kier alpha value is -1.94. The average Bonchev–Trinajstić information content (AvgIpc) is 2.89. The number of nitrogens with zero attached hydrogens (tertiary/aromatic N) is 2. The molecule has 3 aromatic rings. The van der Waals surface area contributed by atoms with E-state index < -0.39 is 0 Å². The summed E-state index contributed by atoms with van der Waals surface area (Å²) in [5.74, 6) is 0. The largest absolute Gasteiger partial charge is 0.356 e. The highest BCUT2D eigenvalue weighted by Crippen LogP contribution is 2.14. The second-order valence-electron chi connectivity index (χ2n) is 3.69. The molecule has 1 N–H and O–H groups in total. The van der Waals surface area contributed by atoms with Crippen molar-refractivity contribution in [2.24, 2.45) is 0 Å². The van der Waals surface area contributed by atoms with Crippen LogP contribution in [0.3, 0.4) is 0 Å². The van der Waals surface area contributed by atoms with Gasteiger partial charge in [-0.25, -0.2) is 4.98 Å². The molecule has 0 saturated heterocycles. The van der Waals surface area contributed by atoms with Crippen LogP contribution < -0.4 is 5.32 Å². The van der Waals surface area contributed by atoms with Gasteiger partial charge in [0.1, 0.15) is 0 Å². The zero-order chi connectivity index (χ0) is 11.5. The van der Waals surface area contributed by atoms with Crippen LogP contribution in [0.25, 0.3) is 10.9 Å². The van der Waals surface area contributed by atoms with Gasteiger partial charge in [0.25, 0.3) is 0 Å². The van der Waals surface area contributed by atoms with Crippen molar-refractivity contribution in [3.05, 3.63) is 53.7 Å². The Labute approximate surface area is 103 Å². The third-order valence-electron chi connectivity index (χ3n) is 2.51. The lowest BCUT2D eigenvalue weighted by molar-refractivity contribution is 1.06. The van der Waals surface area contributed by atoms with E-state index in [1.165, 1.54) is 5.39 Å². The summed E-state index contributed by atoms with van der Waals surface area (Å²) in [7, 11) is 0. The van der Waals surface area contributed by atoms with Crippen LogP contribution >= 0.6 is 11.3 Å². The Bertz CT molecular complexity index is 619. The number of aromatic nitrogens is 2. The van der Waals surface area contributed by atoms with E-state index in [-0.39, 0.29) is 0 Å². The Kier molecular flexibility index (Phi) is 2.71. The van der Waals surface area contributed by atoms with Gasteiger partial charge in [-0.1, -0.05) is 24.3 Å². The van der Waals surface area contributed by atoms with Gasteiger partial charge in [0.15, 0.2) is 5.13 Å². The molecule has 0 atom stereocenters. The number of para-hydroxylation sites is 1. The van der Waals surface area contributed by atoms with E-state index in [1.54, 1.807) is 17.5 Å². The monoisotopic (exact) mass is 241 g/mol. The minimum Gasteiger partial charge on any atom is -0.356 e. The van der Waals surface area contributed by atoms with E-state index in [0.29, 0.717) is 6.54 Å². The Morgan fingerprint density at radius 1 is 1.12 bits per heavy atom. The molecule has 17 heavy (non-hydrogen) atoms. The molecule has 3 rings (SSSR count). The first-order chi connectivity index (χ1) is 8.42. The summed E-state index contributed by atoms with van der Waals surface area (Å²) in [6.45, 7) is 0.707. The molecular weight excluding hydrogens is 230 g/mol. The number of thiazole rings is 1. The topological polar surface area (TPSA) is 37.8 Å². The molecule has 1 aromatic carbocycles. The summed E-state index contributed by atoms with van der Waals surface area (Å²) in [6, 6.07) is 12.3. The number of fused-ring (bicyclic) bond motifs is 1. The highest BCUT2D eigenvalue weighted by Gasteiger charge is 1.99. The standard InChI is InChI=1S/C13H11N3S/c1-2-4-12-10(3-1)5-6-11(16-12)9-15-13-14-7-8-17-13/h1-8H,9H2,(H,14,15). The van der Waals surface area contributed by atoms with E-state index in [9.17, 15) is 0 Å². The van der Waals surface area contributed by atoms with Crippen LogP contribution in [0.15, 0.2) is 48.0 Å². The highest BCUT2D eigenvalue weighted by atomic mass is 32.1. The van der Waals surface area contributed by atoms with E-state index in [1.807, 2.05) is 29.6 Å². The molecule has 4 heteroatoms. The Balaban J connectivity index is 1.81. The van der Waals surface area contributed by atoms with Crippen LogP contribution in [0.4, 0.5) is 5.13 Å². The van der Waals surface area contributed by atoms with Crippen molar-refractivity contribution in [2.45, 2.75) is 6.54 Å². The predicted molar refractivity (Wildman–Crippen MR) is 71.2 cm³/mol. The van der Waals surface area contributed by atoms with Gasteiger partial charge in [-0.3, -0.25) is 4.98 Å². The van der Waals surface area contributed by atoms with Crippen LogP contribution in [0.2, 0.25) is 0 Å². The fraction of sp³-hybridized carbons (Fsp3) is 0.0769. The molecule has 0 unspecified atom stereocenters. The summed E-state index contributed by atoms with van der Waals surface area (Å²) < 4.78 is 0. The number of nitrogens with one attached hydrogen (secondary N) is 1. The number of pyridine rings is 1.